The predicted molar refractivity (Wildman–Crippen MR) is 124 cm³/mol. The fourth-order valence-electron chi connectivity index (χ4n) is 3.58. The molecule has 0 saturated heterocycles. The van der Waals surface area contributed by atoms with Crippen LogP contribution in [0.2, 0.25) is 0 Å². The Morgan fingerprint density at radius 2 is 1.83 bits per heavy atom. The monoisotopic (exact) mass is 492 g/mol. The molecule has 0 atom stereocenters. The number of aromatic nitrogens is 1. The molecule has 0 fully saturated rings. The molecule has 2 heterocycles. The van der Waals surface area contributed by atoms with Crippen LogP contribution in [0, 0.1) is 11.8 Å². The first-order valence-electron chi connectivity index (χ1n) is 10.9. The number of alkyl halides is 3. The number of pyridine rings is 1. The van der Waals surface area contributed by atoms with Crippen molar-refractivity contribution in [3.63, 3.8) is 0 Å². The lowest BCUT2D eigenvalue weighted by Gasteiger charge is -2.45. The SMILES string of the molecule is CCC(C)(C)N1Cc2cc(C#CC(C)(C)OC)c(OC(F)(F)F)cc2-c2cc(=O)c(C(=O)O)cn21. The highest BCUT2D eigenvalue weighted by molar-refractivity contribution is 5.88. The van der Waals surface area contributed by atoms with Crippen molar-refractivity contribution in [1.29, 1.82) is 0 Å². The molecule has 7 nitrogen and oxygen atoms in total. The molecule has 0 unspecified atom stereocenters. The average molecular weight is 492 g/mol. The maximum Gasteiger partial charge on any atom is 0.573 e. The van der Waals surface area contributed by atoms with Gasteiger partial charge in [0.05, 0.1) is 23.3 Å². The molecule has 1 aromatic heterocycles. The van der Waals surface area contributed by atoms with E-state index in [1.165, 1.54) is 30.1 Å². The summed E-state index contributed by atoms with van der Waals surface area (Å²) in [6, 6.07) is 3.82. The van der Waals surface area contributed by atoms with Crippen LogP contribution >= 0.6 is 0 Å². The van der Waals surface area contributed by atoms with Crippen molar-refractivity contribution in [2.24, 2.45) is 0 Å². The number of benzene rings is 1. The van der Waals surface area contributed by atoms with Crippen molar-refractivity contribution in [2.45, 2.75) is 65.1 Å². The zero-order valence-electron chi connectivity index (χ0n) is 20.3. The second-order valence-corrected chi connectivity index (χ2v) is 9.33. The Morgan fingerprint density at radius 3 is 2.37 bits per heavy atom. The number of hydrogen-bond acceptors (Lipinski definition) is 5. The molecule has 1 N–H and O–H groups in total. The van der Waals surface area contributed by atoms with Gasteiger partial charge in [0.2, 0.25) is 0 Å². The van der Waals surface area contributed by atoms with Crippen molar-refractivity contribution in [3.8, 4) is 28.8 Å². The van der Waals surface area contributed by atoms with Crippen LogP contribution in [0.1, 0.15) is 62.5 Å². The minimum Gasteiger partial charge on any atom is -0.477 e. The number of ether oxygens (including phenoxy) is 2. The van der Waals surface area contributed by atoms with Gasteiger partial charge in [0.1, 0.15) is 16.9 Å². The van der Waals surface area contributed by atoms with Gasteiger partial charge >= 0.3 is 12.3 Å². The summed E-state index contributed by atoms with van der Waals surface area (Å²) in [5.41, 5.74) is -1.39. The number of fused-ring (bicyclic) bond motifs is 3. The largest absolute Gasteiger partial charge is 0.573 e. The number of carboxylic acids is 1. The maximum absolute atomic E-state index is 13.2. The van der Waals surface area contributed by atoms with Crippen molar-refractivity contribution >= 4 is 5.97 Å². The normalized spacial score (nSPS) is 13.5. The summed E-state index contributed by atoms with van der Waals surface area (Å²) in [6.07, 6.45) is -3.10. The van der Waals surface area contributed by atoms with Gasteiger partial charge in [0, 0.05) is 24.9 Å². The summed E-state index contributed by atoms with van der Waals surface area (Å²) < 4.78 is 50.8. The molecular formula is C25H27F3N2O5. The second-order valence-electron chi connectivity index (χ2n) is 9.33. The number of hydrogen-bond donors (Lipinski definition) is 1. The lowest BCUT2D eigenvalue weighted by molar-refractivity contribution is -0.274. The molecular weight excluding hydrogens is 465 g/mol. The van der Waals surface area contributed by atoms with Crippen LogP contribution in [0.25, 0.3) is 11.3 Å². The third kappa shape index (κ3) is 5.46. The minimum atomic E-state index is -4.97. The topological polar surface area (TPSA) is 81.0 Å². The zero-order chi connectivity index (χ0) is 26.3. The van der Waals surface area contributed by atoms with Gasteiger partial charge in [-0.15, -0.1) is 13.2 Å². The van der Waals surface area contributed by atoms with E-state index in [1.54, 1.807) is 13.8 Å². The van der Waals surface area contributed by atoms with Crippen LogP contribution in [-0.2, 0) is 11.3 Å². The number of nitrogens with zero attached hydrogens (tertiary/aromatic N) is 2. The Labute approximate surface area is 201 Å². The summed E-state index contributed by atoms with van der Waals surface area (Å²) in [5, 5.41) is 11.3. The van der Waals surface area contributed by atoms with Gasteiger partial charge < -0.3 is 19.6 Å². The molecule has 0 saturated carbocycles. The van der Waals surface area contributed by atoms with Crippen molar-refractivity contribution < 1.29 is 32.5 Å². The highest BCUT2D eigenvalue weighted by Gasteiger charge is 2.36. The van der Waals surface area contributed by atoms with E-state index in [4.69, 9.17) is 4.74 Å². The van der Waals surface area contributed by atoms with Crippen LogP contribution in [0.5, 0.6) is 5.75 Å². The number of carbonyl (C=O) groups is 1. The molecule has 1 aliphatic rings. The van der Waals surface area contributed by atoms with Crippen LogP contribution in [-0.4, -0.2) is 40.4 Å². The Bertz CT molecular complexity index is 1280. The van der Waals surface area contributed by atoms with Gasteiger partial charge in [0.15, 0.2) is 5.43 Å². The highest BCUT2D eigenvalue weighted by Crippen LogP contribution is 2.38. The summed E-state index contributed by atoms with van der Waals surface area (Å²) in [5.74, 6) is 3.63. The van der Waals surface area contributed by atoms with Crippen molar-refractivity contribution in [1.82, 2.24) is 4.68 Å². The summed E-state index contributed by atoms with van der Waals surface area (Å²) in [6.45, 7) is 9.44. The first-order chi connectivity index (χ1) is 16.1. The van der Waals surface area contributed by atoms with E-state index in [0.717, 1.165) is 6.07 Å². The third-order valence-corrected chi connectivity index (χ3v) is 6.12. The van der Waals surface area contributed by atoms with Gasteiger partial charge in [-0.25, -0.2) is 4.79 Å². The Kier molecular flexibility index (Phi) is 6.70. The lowest BCUT2D eigenvalue weighted by Crippen LogP contribution is -2.52. The second kappa shape index (κ2) is 8.96. The molecule has 188 valence electrons. The van der Waals surface area contributed by atoms with E-state index in [1.807, 2.05) is 25.8 Å². The van der Waals surface area contributed by atoms with Crippen LogP contribution in [0.4, 0.5) is 13.2 Å². The quantitative estimate of drug-likeness (QED) is 0.618. The average Bonchev–Trinajstić information content (AvgIpc) is 2.75. The zero-order valence-corrected chi connectivity index (χ0v) is 20.3. The van der Waals surface area contributed by atoms with Gasteiger partial charge in [-0.3, -0.25) is 9.47 Å². The molecule has 1 aliphatic heterocycles. The fraction of sp³-hybridized carbons (Fsp3) is 0.440. The molecule has 0 aliphatic carbocycles. The molecule has 3 rings (SSSR count). The molecule has 0 bridgehead atoms. The van der Waals surface area contributed by atoms with E-state index in [9.17, 15) is 27.9 Å². The minimum absolute atomic E-state index is 0.0124. The first-order valence-corrected chi connectivity index (χ1v) is 10.9. The summed E-state index contributed by atoms with van der Waals surface area (Å²) in [4.78, 5) is 24.1. The lowest BCUT2D eigenvalue weighted by atomic mass is 9.93. The molecule has 35 heavy (non-hydrogen) atoms. The van der Waals surface area contributed by atoms with Crippen LogP contribution < -0.4 is 15.2 Å². The highest BCUT2D eigenvalue weighted by atomic mass is 19.4. The molecule has 0 radical (unpaired) electrons. The number of methoxy groups -OCH3 is 1. The third-order valence-electron chi connectivity index (χ3n) is 6.12. The predicted octanol–water partition coefficient (Wildman–Crippen LogP) is 4.53. The van der Waals surface area contributed by atoms with Crippen molar-refractivity contribution in [3.05, 3.63) is 51.3 Å². The van der Waals surface area contributed by atoms with Crippen LogP contribution in [0.3, 0.4) is 0 Å². The van der Waals surface area contributed by atoms with E-state index < -0.39 is 40.2 Å². The van der Waals surface area contributed by atoms with Gasteiger partial charge in [-0.05, 0) is 51.8 Å². The molecule has 2 aromatic rings. The first kappa shape index (κ1) is 26.2. The van der Waals surface area contributed by atoms with E-state index in [2.05, 4.69) is 16.6 Å². The van der Waals surface area contributed by atoms with Gasteiger partial charge in [0.25, 0.3) is 0 Å². The number of carboxylic acid groups (broad SMARTS) is 1. The molecule has 0 amide bonds. The summed E-state index contributed by atoms with van der Waals surface area (Å²) in [7, 11) is 1.44. The van der Waals surface area contributed by atoms with E-state index >= 15 is 0 Å². The maximum atomic E-state index is 13.2. The Hall–Kier alpha value is -3.45. The van der Waals surface area contributed by atoms with E-state index in [0.29, 0.717) is 17.5 Å². The molecule has 10 heteroatoms. The standard InChI is InChI=1S/C25H27F3N2O5/c1-7-23(2,3)30-13-16-10-15(8-9-24(4,5)34-6)21(35-25(26,27)28)11-17(16)19-12-20(31)18(22(32)33)14-29(19)30/h10-12,14H,7,13H2,1-6H3,(H,32,33). The molecule has 1 aromatic carbocycles. The van der Waals surface area contributed by atoms with Gasteiger partial charge in [-0.2, -0.15) is 0 Å². The fourth-order valence-corrected chi connectivity index (χ4v) is 3.58. The number of aromatic carboxylic acids is 1. The Balaban J connectivity index is 2.33. The molecule has 0 spiro atoms. The Morgan fingerprint density at radius 1 is 1.17 bits per heavy atom. The smallest absolute Gasteiger partial charge is 0.477 e. The van der Waals surface area contributed by atoms with Gasteiger partial charge in [-0.1, -0.05) is 18.8 Å². The van der Waals surface area contributed by atoms with Crippen LogP contribution in [0.15, 0.2) is 29.2 Å². The number of halogens is 3. The number of rotatable bonds is 5. The summed E-state index contributed by atoms with van der Waals surface area (Å²) >= 11 is 0. The van der Waals surface area contributed by atoms with Crippen molar-refractivity contribution in [2.75, 3.05) is 12.1 Å². The van der Waals surface area contributed by atoms with E-state index in [-0.39, 0.29) is 17.8 Å².